The Morgan fingerprint density at radius 1 is 1.14 bits per heavy atom. The summed E-state index contributed by atoms with van der Waals surface area (Å²) >= 11 is 6.16. The van der Waals surface area contributed by atoms with Crippen LogP contribution in [0.3, 0.4) is 0 Å². The Morgan fingerprint density at radius 3 is 2.54 bits per heavy atom. The fraction of sp³-hybridized carbons (Fsp3) is 0.455. The number of halogens is 1. The van der Waals surface area contributed by atoms with E-state index in [1.54, 1.807) is 0 Å². The first kappa shape index (κ1) is 22.7. The lowest BCUT2D eigenvalue weighted by molar-refractivity contribution is -0.0800. The Labute approximate surface area is 173 Å². The molecule has 28 heavy (non-hydrogen) atoms. The van der Waals surface area contributed by atoms with Gasteiger partial charge in [0.25, 0.3) is 0 Å². The standard InChI is InChI=1S/C22H31ClN2O3/c1-17(15-18-7-9-21(10-8-18)27-13-11-24-3)25-22(2,28-14-12-26)19-5-4-6-20(23)16-19/h4-10,16-17,24-26H,11-15H2,1-3H3. The molecule has 2 aromatic rings. The van der Waals surface area contributed by atoms with Gasteiger partial charge in [-0.3, -0.25) is 5.32 Å². The third-order valence-corrected chi connectivity index (χ3v) is 4.70. The Kier molecular flexibility index (Phi) is 9.22. The van der Waals surface area contributed by atoms with Gasteiger partial charge in [-0.1, -0.05) is 35.9 Å². The molecule has 0 aromatic heterocycles. The molecule has 0 saturated carbocycles. The zero-order chi connectivity index (χ0) is 20.4. The van der Waals surface area contributed by atoms with Gasteiger partial charge in [-0.2, -0.15) is 0 Å². The molecular weight excluding hydrogens is 376 g/mol. The van der Waals surface area contributed by atoms with Crippen LogP contribution >= 0.6 is 11.6 Å². The van der Waals surface area contributed by atoms with E-state index in [1.165, 1.54) is 5.56 Å². The molecule has 0 aliphatic rings. The Bertz CT molecular complexity index is 711. The largest absolute Gasteiger partial charge is 0.492 e. The summed E-state index contributed by atoms with van der Waals surface area (Å²) < 4.78 is 11.6. The van der Waals surface area contributed by atoms with Crippen molar-refractivity contribution < 1.29 is 14.6 Å². The number of rotatable bonds is 12. The van der Waals surface area contributed by atoms with Gasteiger partial charge in [0, 0.05) is 17.6 Å². The predicted molar refractivity (Wildman–Crippen MR) is 114 cm³/mol. The molecular formula is C22H31ClN2O3. The van der Waals surface area contributed by atoms with E-state index in [0.29, 0.717) is 11.6 Å². The molecule has 2 atom stereocenters. The van der Waals surface area contributed by atoms with E-state index < -0.39 is 5.72 Å². The van der Waals surface area contributed by atoms with Crippen LogP contribution in [0.25, 0.3) is 0 Å². The molecule has 0 spiro atoms. The van der Waals surface area contributed by atoms with E-state index in [1.807, 2.05) is 50.4 Å². The summed E-state index contributed by atoms with van der Waals surface area (Å²) in [5.74, 6) is 0.870. The van der Waals surface area contributed by atoms with Gasteiger partial charge in [0.2, 0.25) is 0 Å². The number of aliphatic hydroxyl groups excluding tert-OH is 1. The number of ether oxygens (including phenoxy) is 2. The number of hydrogen-bond donors (Lipinski definition) is 3. The van der Waals surface area contributed by atoms with Crippen molar-refractivity contribution in [3.8, 4) is 5.75 Å². The number of aliphatic hydroxyl groups is 1. The van der Waals surface area contributed by atoms with E-state index in [0.717, 1.165) is 24.3 Å². The highest BCUT2D eigenvalue weighted by molar-refractivity contribution is 6.30. The average Bonchev–Trinajstić information content (AvgIpc) is 2.68. The van der Waals surface area contributed by atoms with Crippen molar-refractivity contribution >= 4 is 11.6 Å². The van der Waals surface area contributed by atoms with Crippen molar-refractivity contribution in [1.29, 1.82) is 0 Å². The molecule has 2 aromatic carbocycles. The van der Waals surface area contributed by atoms with E-state index in [-0.39, 0.29) is 19.3 Å². The first-order valence-electron chi connectivity index (χ1n) is 9.61. The molecule has 3 N–H and O–H groups in total. The number of hydrogen-bond acceptors (Lipinski definition) is 5. The zero-order valence-corrected chi connectivity index (χ0v) is 17.6. The number of nitrogens with one attached hydrogen (secondary N) is 2. The van der Waals surface area contributed by atoms with Crippen LogP contribution in [0.4, 0.5) is 0 Å². The van der Waals surface area contributed by atoms with Gasteiger partial charge in [-0.05, 0) is 62.7 Å². The smallest absolute Gasteiger partial charge is 0.142 e. The highest BCUT2D eigenvalue weighted by Gasteiger charge is 2.29. The SMILES string of the molecule is CNCCOc1ccc(CC(C)NC(C)(OCCO)c2cccc(Cl)c2)cc1. The van der Waals surface area contributed by atoms with E-state index in [4.69, 9.17) is 21.1 Å². The molecule has 0 radical (unpaired) electrons. The zero-order valence-electron chi connectivity index (χ0n) is 16.9. The highest BCUT2D eigenvalue weighted by Crippen LogP contribution is 2.26. The van der Waals surface area contributed by atoms with Gasteiger partial charge in [0.1, 0.15) is 18.1 Å². The molecule has 6 heteroatoms. The minimum absolute atomic E-state index is 0.0404. The lowest BCUT2D eigenvalue weighted by Gasteiger charge is -2.34. The second-order valence-corrected chi connectivity index (χ2v) is 7.40. The van der Waals surface area contributed by atoms with Crippen LogP contribution in [0, 0.1) is 0 Å². The molecule has 0 heterocycles. The van der Waals surface area contributed by atoms with Gasteiger partial charge in [0.05, 0.1) is 13.2 Å². The molecule has 0 aliphatic carbocycles. The van der Waals surface area contributed by atoms with Gasteiger partial charge in [0.15, 0.2) is 0 Å². The Hall–Kier alpha value is -1.63. The van der Waals surface area contributed by atoms with Gasteiger partial charge < -0.3 is 19.9 Å². The molecule has 0 fully saturated rings. The van der Waals surface area contributed by atoms with Crippen LogP contribution in [-0.4, -0.2) is 44.6 Å². The maximum atomic E-state index is 9.21. The molecule has 5 nitrogen and oxygen atoms in total. The van der Waals surface area contributed by atoms with Crippen LogP contribution < -0.4 is 15.4 Å². The maximum Gasteiger partial charge on any atom is 0.142 e. The van der Waals surface area contributed by atoms with Crippen molar-refractivity contribution in [3.63, 3.8) is 0 Å². The predicted octanol–water partition coefficient (Wildman–Crippen LogP) is 3.34. The summed E-state index contributed by atoms with van der Waals surface area (Å²) in [6, 6.07) is 15.9. The first-order valence-corrected chi connectivity index (χ1v) is 9.99. The van der Waals surface area contributed by atoms with Crippen molar-refractivity contribution in [2.75, 3.05) is 33.4 Å². The monoisotopic (exact) mass is 406 g/mol. The Balaban J connectivity index is 2.02. The summed E-state index contributed by atoms with van der Waals surface area (Å²) in [7, 11) is 1.91. The lowest BCUT2D eigenvalue weighted by atomic mass is 10.0. The molecule has 0 bridgehead atoms. The minimum Gasteiger partial charge on any atom is -0.492 e. The number of likely N-dealkylation sites (N-methyl/N-ethyl adjacent to an activating group) is 1. The topological polar surface area (TPSA) is 62.8 Å². The summed E-state index contributed by atoms with van der Waals surface area (Å²) in [6.45, 7) is 5.74. The molecule has 0 saturated heterocycles. The number of benzene rings is 2. The van der Waals surface area contributed by atoms with Crippen LogP contribution in [0.5, 0.6) is 5.75 Å². The third kappa shape index (κ3) is 7.08. The van der Waals surface area contributed by atoms with Gasteiger partial charge >= 0.3 is 0 Å². The van der Waals surface area contributed by atoms with Gasteiger partial charge in [-0.15, -0.1) is 0 Å². The Morgan fingerprint density at radius 2 is 1.89 bits per heavy atom. The van der Waals surface area contributed by atoms with Crippen molar-refractivity contribution in [2.24, 2.45) is 0 Å². The third-order valence-electron chi connectivity index (χ3n) is 4.47. The normalized spacial score (nSPS) is 14.5. The molecule has 0 amide bonds. The van der Waals surface area contributed by atoms with E-state index >= 15 is 0 Å². The van der Waals surface area contributed by atoms with Gasteiger partial charge in [-0.25, -0.2) is 0 Å². The van der Waals surface area contributed by atoms with Crippen LogP contribution in [0.15, 0.2) is 48.5 Å². The maximum absolute atomic E-state index is 9.21. The summed E-state index contributed by atoms with van der Waals surface area (Å²) in [6.07, 6.45) is 0.829. The van der Waals surface area contributed by atoms with E-state index in [9.17, 15) is 5.11 Å². The fourth-order valence-electron chi connectivity index (χ4n) is 3.11. The van der Waals surface area contributed by atoms with Crippen molar-refractivity contribution in [3.05, 3.63) is 64.7 Å². The molecule has 2 unspecified atom stereocenters. The van der Waals surface area contributed by atoms with Crippen LogP contribution in [0.2, 0.25) is 5.02 Å². The van der Waals surface area contributed by atoms with E-state index in [2.05, 4.69) is 29.7 Å². The van der Waals surface area contributed by atoms with Crippen LogP contribution in [0.1, 0.15) is 25.0 Å². The second kappa shape index (κ2) is 11.4. The highest BCUT2D eigenvalue weighted by atomic mass is 35.5. The molecule has 154 valence electrons. The second-order valence-electron chi connectivity index (χ2n) is 6.96. The summed E-state index contributed by atoms with van der Waals surface area (Å²) in [5.41, 5.74) is 1.38. The van der Waals surface area contributed by atoms with Crippen LogP contribution in [-0.2, 0) is 16.9 Å². The first-order chi connectivity index (χ1) is 13.5. The van der Waals surface area contributed by atoms with Crippen molar-refractivity contribution in [2.45, 2.75) is 32.0 Å². The minimum atomic E-state index is -0.747. The fourth-order valence-corrected chi connectivity index (χ4v) is 3.30. The summed E-state index contributed by atoms with van der Waals surface area (Å²) in [5, 5.41) is 16.5. The molecule has 0 aliphatic heterocycles. The molecule has 2 rings (SSSR count). The lowest BCUT2D eigenvalue weighted by Crippen LogP contribution is -2.48. The summed E-state index contributed by atoms with van der Waals surface area (Å²) in [4.78, 5) is 0. The van der Waals surface area contributed by atoms with Crippen molar-refractivity contribution in [1.82, 2.24) is 10.6 Å². The average molecular weight is 407 g/mol. The quantitative estimate of drug-likeness (QED) is 0.372.